The number of rotatable bonds is 35. The number of nitrogens with zero attached hydrogens (tertiary/aromatic N) is 1. The van der Waals surface area contributed by atoms with Crippen LogP contribution in [0.3, 0.4) is 0 Å². The molecule has 0 unspecified atom stereocenters. The van der Waals surface area contributed by atoms with E-state index in [9.17, 15) is 4.79 Å². The molecule has 46 heavy (non-hydrogen) atoms. The van der Waals surface area contributed by atoms with Crippen LogP contribution >= 0.6 is 0 Å². The van der Waals surface area contributed by atoms with Crippen LogP contribution in [-0.2, 0) is 56.9 Å². The second-order valence-corrected chi connectivity index (χ2v) is 9.88. The summed E-state index contributed by atoms with van der Waals surface area (Å²) in [6, 6.07) is 0. The fraction of sp³-hybridized carbons (Fsp3) is 0.788. The first-order chi connectivity index (χ1) is 22.7. The average Bonchev–Trinajstić information content (AvgIpc) is 3.06. The molecule has 13 heteroatoms. The molecule has 13 nitrogen and oxygen atoms in total. The van der Waals surface area contributed by atoms with Gasteiger partial charge in [-0.3, -0.25) is 0 Å². The molecule has 0 bridgehead atoms. The number of ether oxygens (including phenoxy) is 11. The Morgan fingerprint density at radius 1 is 0.630 bits per heavy atom. The zero-order chi connectivity index (χ0) is 33.2. The van der Waals surface area contributed by atoms with Gasteiger partial charge in [0.1, 0.15) is 6.61 Å². The SMILES string of the molecule is C=CC(=O)OCCOCCOCCOCCOCCCN1C=C(COCCOCCOCC)C=C(COCCOCCOCC)C1. The minimum absolute atomic E-state index is 0.199. The average molecular weight is 662 g/mol. The molecule has 0 aromatic carbocycles. The Hall–Kier alpha value is -1.91. The van der Waals surface area contributed by atoms with E-state index in [0.29, 0.717) is 132 Å². The van der Waals surface area contributed by atoms with Gasteiger partial charge in [-0.2, -0.15) is 0 Å². The molecule has 0 saturated carbocycles. The normalized spacial score (nSPS) is 13.1. The van der Waals surface area contributed by atoms with Crippen molar-refractivity contribution in [2.45, 2.75) is 20.3 Å². The smallest absolute Gasteiger partial charge is 0.330 e. The highest BCUT2D eigenvalue weighted by atomic mass is 16.6. The Labute approximate surface area is 276 Å². The standard InChI is InChI=1S/C33H59NO12/c1-4-33(35)46-25-24-43-19-18-42-17-16-41-15-14-38-9-7-8-34-27-31(29-44-22-20-39-12-10-36-5-2)26-32(28-34)30-45-23-21-40-13-11-37-6-3/h4,26-27H,1,5-25,28-30H2,2-3H3. The van der Waals surface area contributed by atoms with Crippen LogP contribution in [0.2, 0.25) is 0 Å². The van der Waals surface area contributed by atoms with E-state index in [0.717, 1.165) is 31.2 Å². The molecule has 0 radical (unpaired) electrons. The fourth-order valence-corrected chi connectivity index (χ4v) is 3.95. The molecule has 0 fully saturated rings. The first kappa shape index (κ1) is 42.1. The Kier molecular flexibility index (Phi) is 30.2. The molecule has 0 spiro atoms. The second kappa shape index (κ2) is 33.0. The quantitative estimate of drug-likeness (QED) is 0.0562. The van der Waals surface area contributed by atoms with Crippen LogP contribution in [0.25, 0.3) is 0 Å². The van der Waals surface area contributed by atoms with Crippen molar-refractivity contribution in [3.05, 3.63) is 36.1 Å². The molecule has 0 amide bonds. The van der Waals surface area contributed by atoms with E-state index >= 15 is 0 Å². The Morgan fingerprint density at radius 2 is 1.07 bits per heavy atom. The summed E-state index contributed by atoms with van der Waals surface area (Å²) < 4.78 is 60.3. The van der Waals surface area contributed by atoms with Crippen LogP contribution in [0.5, 0.6) is 0 Å². The Bertz CT molecular complexity index is 780. The van der Waals surface area contributed by atoms with Crippen LogP contribution in [0.4, 0.5) is 0 Å². The molecule has 0 aliphatic carbocycles. The highest BCUT2D eigenvalue weighted by molar-refractivity contribution is 5.81. The molecule has 268 valence electrons. The van der Waals surface area contributed by atoms with Crippen LogP contribution in [-0.4, -0.2) is 163 Å². The van der Waals surface area contributed by atoms with E-state index in [1.807, 2.05) is 13.8 Å². The van der Waals surface area contributed by atoms with Gasteiger partial charge in [-0.05, 0) is 31.4 Å². The van der Waals surface area contributed by atoms with Gasteiger partial charge >= 0.3 is 5.97 Å². The van der Waals surface area contributed by atoms with Gasteiger partial charge in [0.15, 0.2) is 0 Å². The number of esters is 1. The van der Waals surface area contributed by atoms with Gasteiger partial charge in [0.05, 0.1) is 112 Å². The van der Waals surface area contributed by atoms with E-state index in [-0.39, 0.29) is 6.61 Å². The van der Waals surface area contributed by atoms with Crippen LogP contribution in [0.1, 0.15) is 20.3 Å². The maximum Gasteiger partial charge on any atom is 0.330 e. The molecule has 1 heterocycles. The molecule has 0 N–H and O–H groups in total. The third kappa shape index (κ3) is 27.2. The maximum atomic E-state index is 10.9. The highest BCUT2D eigenvalue weighted by Crippen LogP contribution is 2.15. The molecule has 0 atom stereocenters. The molecule has 0 saturated heterocycles. The van der Waals surface area contributed by atoms with Crippen molar-refractivity contribution in [2.75, 3.05) is 152 Å². The van der Waals surface area contributed by atoms with Gasteiger partial charge in [-0.15, -0.1) is 0 Å². The van der Waals surface area contributed by atoms with Gasteiger partial charge in [0.25, 0.3) is 0 Å². The summed E-state index contributed by atoms with van der Waals surface area (Å²) in [6.07, 6.45) is 6.32. The fourth-order valence-electron chi connectivity index (χ4n) is 3.95. The van der Waals surface area contributed by atoms with Crippen LogP contribution in [0, 0.1) is 0 Å². The molecule has 1 aliphatic heterocycles. The highest BCUT2D eigenvalue weighted by Gasteiger charge is 2.13. The van der Waals surface area contributed by atoms with Gasteiger partial charge in [-0.25, -0.2) is 4.79 Å². The topological polar surface area (TPSA) is 122 Å². The lowest BCUT2D eigenvalue weighted by atomic mass is 10.1. The van der Waals surface area contributed by atoms with Gasteiger partial charge in [0, 0.05) is 45.2 Å². The van der Waals surface area contributed by atoms with Crippen LogP contribution < -0.4 is 0 Å². The van der Waals surface area contributed by atoms with E-state index in [1.165, 1.54) is 5.57 Å². The zero-order valence-electron chi connectivity index (χ0n) is 28.3. The maximum absolute atomic E-state index is 10.9. The van der Waals surface area contributed by atoms with E-state index in [1.54, 1.807) is 0 Å². The molecule has 1 aliphatic rings. The van der Waals surface area contributed by atoms with Gasteiger partial charge < -0.3 is 57.0 Å². The minimum atomic E-state index is -0.456. The largest absolute Gasteiger partial charge is 0.460 e. The zero-order valence-corrected chi connectivity index (χ0v) is 28.3. The minimum Gasteiger partial charge on any atom is -0.460 e. The van der Waals surface area contributed by atoms with E-state index in [2.05, 4.69) is 23.8 Å². The molecule has 0 aromatic rings. The van der Waals surface area contributed by atoms with E-state index < -0.39 is 5.97 Å². The molecule has 1 rings (SSSR count). The van der Waals surface area contributed by atoms with Crippen molar-refractivity contribution >= 4 is 5.97 Å². The first-order valence-corrected chi connectivity index (χ1v) is 16.4. The summed E-state index contributed by atoms with van der Waals surface area (Å²) in [4.78, 5) is 13.2. The summed E-state index contributed by atoms with van der Waals surface area (Å²) >= 11 is 0. The summed E-state index contributed by atoms with van der Waals surface area (Å²) in [5.41, 5.74) is 2.30. The monoisotopic (exact) mass is 661 g/mol. The number of hydrogen-bond donors (Lipinski definition) is 0. The van der Waals surface area contributed by atoms with Gasteiger partial charge in [-0.1, -0.05) is 12.7 Å². The lowest BCUT2D eigenvalue weighted by Crippen LogP contribution is -2.28. The third-order valence-electron chi connectivity index (χ3n) is 6.09. The molecule has 0 aromatic heterocycles. The van der Waals surface area contributed by atoms with Crippen molar-refractivity contribution in [2.24, 2.45) is 0 Å². The van der Waals surface area contributed by atoms with E-state index in [4.69, 9.17) is 52.1 Å². The molecular weight excluding hydrogens is 602 g/mol. The predicted octanol–water partition coefficient (Wildman–Crippen LogP) is 2.44. The van der Waals surface area contributed by atoms with Crippen molar-refractivity contribution in [3.8, 4) is 0 Å². The number of carbonyl (C=O) groups excluding carboxylic acids is 1. The van der Waals surface area contributed by atoms with Crippen molar-refractivity contribution in [3.63, 3.8) is 0 Å². The van der Waals surface area contributed by atoms with Gasteiger partial charge in [0.2, 0.25) is 0 Å². The number of carbonyl (C=O) groups is 1. The summed E-state index contributed by atoms with van der Waals surface area (Å²) in [5.74, 6) is -0.456. The van der Waals surface area contributed by atoms with Crippen molar-refractivity contribution in [1.82, 2.24) is 4.90 Å². The summed E-state index contributed by atoms with van der Waals surface area (Å²) in [6.45, 7) is 19.9. The van der Waals surface area contributed by atoms with Crippen LogP contribution in [0.15, 0.2) is 36.1 Å². The first-order valence-electron chi connectivity index (χ1n) is 16.4. The summed E-state index contributed by atoms with van der Waals surface area (Å²) in [5, 5.41) is 0. The van der Waals surface area contributed by atoms with Crippen molar-refractivity contribution < 1.29 is 56.9 Å². The lowest BCUT2D eigenvalue weighted by molar-refractivity contribution is -0.139. The predicted molar refractivity (Wildman–Crippen MR) is 173 cm³/mol. The Morgan fingerprint density at radius 3 is 1.57 bits per heavy atom. The number of hydrogen-bond acceptors (Lipinski definition) is 13. The summed E-state index contributed by atoms with van der Waals surface area (Å²) in [7, 11) is 0. The molecular formula is C33H59NO12. The third-order valence-corrected chi connectivity index (χ3v) is 6.09. The Balaban J connectivity index is 2.18. The van der Waals surface area contributed by atoms with Crippen molar-refractivity contribution in [1.29, 1.82) is 0 Å². The second-order valence-electron chi connectivity index (χ2n) is 9.88. The lowest BCUT2D eigenvalue weighted by Gasteiger charge is -2.27.